The van der Waals surface area contributed by atoms with Crippen molar-refractivity contribution < 1.29 is 17.6 Å². The Labute approximate surface area is 170 Å². The molecule has 1 N–H and O–H groups in total. The SMILES string of the molecule is Cc1ccc(S(=O)(=O)NCc2ccco2)cc1C(=O)N1CCc2ccccc2C1. The van der Waals surface area contributed by atoms with Gasteiger partial charge in [-0.1, -0.05) is 30.3 Å². The van der Waals surface area contributed by atoms with Gasteiger partial charge in [0.2, 0.25) is 10.0 Å². The zero-order valence-corrected chi connectivity index (χ0v) is 16.9. The molecule has 0 spiro atoms. The molecule has 2 aromatic carbocycles. The maximum atomic E-state index is 13.1. The van der Waals surface area contributed by atoms with E-state index in [9.17, 15) is 13.2 Å². The van der Waals surface area contributed by atoms with Gasteiger partial charge in [0.1, 0.15) is 5.76 Å². The van der Waals surface area contributed by atoms with E-state index in [2.05, 4.69) is 10.8 Å². The zero-order valence-electron chi connectivity index (χ0n) is 16.1. The van der Waals surface area contributed by atoms with Crippen LogP contribution in [0, 0.1) is 6.92 Å². The van der Waals surface area contributed by atoms with Gasteiger partial charge < -0.3 is 9.32 Å². The molecule has 1 aliphatic heterocycles. The van der Waals surface area contributed by atoms with Crippen LogP contribution in [0.1, 0.15) is 32.8 Å². The summed E-state index contributed by atoms with van der Waals surface area (Å²) in [5.74, 6) is 0.365. The van der Waals surface area contributed by atoms with Crippen LogP contribution in [0.15, 0.2) is 70.2 Å². The Balaban J connectivity index is 1.56. The van der Waals surface area contributed by atoms with Crippen molar-refractivity contribution in [2.45, 2.75) is 31.3 Å². The number of carbonyl (C=O) groups is 1. The second-order valence-electron chi connectivity index (χ2n) is 7.13. The fourth-order valence-corrected chi connectivity index (χ4v) is 4.52. The normalized spacial score (nSPS) is 13.9. The van der Waals surface area contributed by atoms with Crippen LogP contribution in [0.3, 0.4) is 0 Å². The summed E-state index contributed by atoms with van der Waals surface area (Å²) in [4.78, 5) is 15.0. The number of hydrogen-bond donors (Lipinski definition) is 1. The molecule has 0 saturated carbocycles. The molecule has 4 rings (SSSR count). The van der Waals surface area contributed by atoms with E-state index in [1.807, 2.05) is 25.1 Å². The molecule has 0 radical (unpaired) electrons. The summed E-state index contributed by atoms with van der Waals surface area (Å²) in [6.07, 6.45) is 2.28. The lowest BCUT2D eigenvalue weighted by atomic mass is 9.98. The fraction of sp³-hybridized carbons (Fsp3) is 0.227. The van der Waals surface area contributed by atoms with E-state index >= 15 is 0 Å². The van der Waals surface area contributed by atoms with E-state index in [0.29, 0.717) is 24.4 Å². The lowest BCUT2D eigenvalue weighted by Crippen LogP contribution is -2.36. The predicted octanol–water partition coefficient (Wildman–Crippen LogP) is 3.27. The lowest BCUT2D eigenvalue weighted by molar-refractivity contribution is 0.0733. The Morgan fingerprint density at radius 1 is 1.10 bits per heavy atom. The second-order valence-corrected chi connectivity index (χ2v) is 8.89. The fourth-order valence-electron chi connectivity index (χ4n) is 3.50. The van der Waals surface area contributed by atoms with Crippen molar-refractivity contribution in [2.75, 3.05) is 6.54 Å². The lowest BCUT2D eigenvalue weighted by Gasteiger charge is -2.29. The van der Waals surface area contributed by atoms with Gasteiger partial charge in [0, 0.05) is 18.7 Å². The molecule has 0 fully saturated rings. The number of aryl methyl sites for hydroxylation is 1. The molecule has 3 aromatic rings. The summed E-state index contributed by atoms with van der Waals surface area (Å²) in [6, 6.07) is 16.1. The molecule has 0 bridgehead atoms. The van der Waals surface area contributed by atoms with Gasteiger partial charge in [0.25, 0.3) is 5.91 Å². The summed E-state index contributed by atoms with van der Waals surface area (Å²) in [7, 11) is -3.77. The smallest absolute Gasteiger partial charge is 0.254 e. The minimum Gasteiger partial charge on any atom is -0.468 e. The summed E-state index contributed by atoms with van der Waals surface area (Å²) < 4.78 is 33.0. The Morgan fingerprint density at radius 3 is 2.66 bits per heavy atom. The maximum Gasteiger partial charge on any atom is 0.254 e. The molecule has 150 valence electrons. The molecule has 0 aliphatic carbocycles. The van der Waals surface area contributed by atoms with Crippen LogP contribution in [-0.2, 0) is 29.5 Å². The molecular formula is C22H22N2O4S. The number of furan rings is 1. The van der Waals surface area contributed by atoms with Crippen molar-refractivity contribution in [3.63, 3.8) is 0 Å². The minimum atomic E-state index is -3.77. The standard InChI is InChI=1S/C22H22N2O4S/c1-16-8-9-20(29(26,27)23-14-19-7-4-12-28-19)13-21(16)22(25)24-11-10-17-5-2-3-6-18(17)15-24/h2-9,12-13,23H,10-11,14-15H2,1H3. The summed E-state index contributed by atoms with van der Waals surface area (Å²) in [5.41, 5.74) is 3.55. The number of rotatable bonds is 5. The van der Waals surface area contributed by atoms with Crippen molar-refractivity contribution in [2.24, 2.45) is 0 Å². The van der Waals surface area contributed by atoms with Crippen molar-refractivity contribution in [3.05, 3.63) is 88.9 Å². The first-order valence-corrected chi connectivity index (χ1v) is 10.9. The number of carbonyl (C=O) groups excluding carboxylic acids is 1. The van der Waals surface area contributed by atoms with E-state index in [4.69, 9.17) is 4.42 Å². The highest BCUT2D eigenvalue weighted by Gasteiger charge is 2.24. The van der Waals surface area contributed by atoms with Gasteiger partial charge in [-0.05, 0) is 54.3 Å². The average Bonchev–Trinajstić information content (AvgIpc) is 3.25. The van der Waals surface area contributed by atoms with Gasteiger partial charge in [-0.2, -0.15) is 0 Å². The first kappa shape index (κ1) is 19.4. The van der Waals surface area contributed by atoms with Crippen LogP contribution in [0.25, 0.3) is 0 Å². The van der Waals surface area contributed by atoms with Crippen molar-refractivity contribution in [3.8, 4) is 0 Å². The first-order valence-electron chi connectivity index (χ1n) is 9.43. The number of sulfonamides is 1. The van der Waals surface area contributed by atoms with E-state index in [1.165, 1.54) is 24.0 Å². The highest BCUT2D eigenvalue weighted by Crippen LogP contribution is 2.23. The van der Waals surface area contributed by atoms with E-state index < -0.39 is 10.0 Å². The molecule has 1 amide bonds. The van der Waals surface area contributed by atoms with Gasteiger partial charge in [0.15, 0.2) is 0 Å². The van der Waals surface area contributed by atoms with Crippen molar-refractivity contribution in [1.82, 2.24) is 9.62 Å². The molecule has 0 saturated heterocycles. The van der Waals surface area contributed by atoms with Crippen LogP contribution < -0.4 is 4.72 Å². The summed E-state index contributed by atoms with van der Waals surface area (Å²) in [5, 5.41) is 0. The minimum absolute atomic E-state index is 0.0510. The number of nitrogens with zero attached hydrogens (tertiary/aromatic N) is 1. The number of amides is 1. The zero-order chi connectivity index (χ0) is 20.4. The number of benzene rings is 2. The van der Waals surface area contributed by atoms with Crippen LogP contribution >= 0.6 is 0 Å². The third-order valence-corrected chi connectivity index (χ3v) is 6.58. The van der Waals surface area contributed by atoms with Gasteiger partial charge >= 0.3 is 0 Å². The molecule has 0 unspecified atom stereocenters. The van der Waals surface area contributed by atoms with Gasteiger partial charge in [-0.15, -0.1) is 0 Å². The molecule has 29 heavy (non-hydrogen) atoms. The third-order valence-electron chi connectivity index (χ3n) is 5.18. The first-order chi connectivity index (χ1) is 13.9. The van der Waals surface area contributed by atoms with Crippen LogP contribution in [0.2, 0.25) is 0 Å². The van der Waals surface area contributed by atoms with Crippen molar-refractivity contribution >= 4 is 15.9 Å². The van der Waals surface area contributed by atoms with E-state index in [1.54, 1.807) is 23.1 Å². The van der Waals surface area contributed by atoms with Crippen molar-refractivity contribution in [1.29, 1.82) is 0 Å². The largest absolute Gasteiger partial charge is 0.468 e. The van der Waals surface area contributed by atoms with E-state index in [-0.39, 0.29) is 17.3 Å². The Hall–Kier alpha value is -2.90. The Bertz CT molecular complexity index is 1140. The third kappa shape index (κ3) is 4.11. The Morgan fingerprint density at radius 2 is 1.90 bits per heavy atom. The van der Waals surface area contributed by atoms with Gasteiger partial charge in [-0.3, -0.25) is 4.79 Å². The van der Waals surface area contributed by atoms with Gasteiger partial charge in [0.05, 0.1) is 17.7 Å². The second kappa shape index (κ2) is 7.85. The molecule has 2 heterocycles. The number of fused-ring (bicyclic) bond motifs is 1. The molecule has 0 atom stereocenters. The van der Waals surface area contributed by atoms with Crippen LogP contribution in [-0.4, -0.2) is 25.8 Å². The molecule has 7 heteroatoms. The molecule has 6 nitrogen and oxygen atoms in total. The highest BCUT2D eigenvalue weighted by molar-refractivity contribution is 7.89. The van der Waals surface area contributed by atoms with E-state index in [0.717, 1.165) is 17.5 Å². The van der Waals surface area contributed by atoms with Crippen LogP contribution in [0.5, 0.6) is 0 Å². The number of nitrogens with one attached hydrogen (secondary N) is 1. The molecule has 1 aromatic heterocycles. The quantitative estimate of drug-likeness (QED) is 0.700. The molecule has 1 aliphatic rings. The predicted molar refractivity (Wildman–Crippen MR) is 109 cm³/mol. The summed E-state index contributed by atoms with van der Waals surface area (Å²) >= 11 is 0. The summed E-state index contributed by atoms with van der Waals surface area (Å²) in [6.45, 7) is 3.01. The Kier molecular flexibility index (Phi) is 5.25. The van der Waals surface area contributed by atoms with Crippen LogP contribution in [0.4, 0.5) is 0 Å². The molecular weight excluding hydrogens is 388 g/mol. The number of hydrogen-bond acceptors (Lipinski definition) is 4. The van der Waals surface area contributed by atoms with Gasteiger partial charge in [-0.25, -0.2) is 13.1 Å². The monoisotopic (exact) mass is 410 g/mol. The highest BCUT2D eigenvalue weighted by atomic mass is 32.2. The average molecular weight is 410 g/mol. The topological polar surface area (TPSA) is 79.6 Å². The maximum absolute atomic E-state index is 13.1.